The summed E-state index contributed by atoms with van der Waals surface area (Å²) in [5.41, 5.74) is 4.02. The van der Waals surface area contributed by atoms with Crippen LogP contribution < -0.4 is 4.74 Å². The first kappa shape index (κ1) is 16.9. The number of nitrogens with zero attached hydrogens (tertiary/aromatic N) is 2. The van der Waals surface area contributed by atoms with Crippen molar-refractivity contribution in [3.05, 3.63) is 36.0 Å². The Hall–Kier alpha value is -1.93. The third-order valence-corrected chi connectivity index (χ3v) is 5.02. The van der Waals surface area contributed by atoms with E-state index in [1.807, 2.05) is 31.3 Å². The first-order valence-electron chi connectivity index (χ1n) is 7.37. The highest BCUT2D eigenvalue weighted by molar-refractivity contribution is 7.94. The largest absolute Gasteiger partial charge is 0.495 e. The minimum absolute atomic E-state index is 0.121. The molecule has 1 aliphatic rings. The number of ether oxygens (including phenoxy) is 1. The average Bonchev–Trinajstić information content (AvgIpc) is 2.82. The molecule has 0 spiro atoms. The van der Waals surface area contributed by atoms with Gasteiger partial charge in [0.2, 0.25) is 0 Å². The Balaban J connectivity index is 1.98. The van der Waals surface area contributed by atoms with E-state index >= 15 is 0 Å². The maximum atomic E-state index is 8.28. The van der Waals surface area contributed by atoms with Crippen LogP contribution in [0.1, 0.15) is 26.3 Å². The lowest BCUT2D eigenvalue weighted by Crippen LogP contribution is -2.22. The van der Waals surface area contributed by atoms with E-state index in [1.165, 1.54) is 0 Å². The zero-order valence-electron chi connectivity index (χ0n) is 13.9. The van der Waals surface area contributed by atoms with Crippen molar-refractivity contribution in [2.24, 2.45) is 4.99 Å². The predicted octanol–water partition coefficient (Wildman–Crippen LogP) is 4.57. The smallest absolute Gasteiger partial charge is 0.155 e. The van der Waals surface area contributed by atoms with Gasteiger partial charge in [-0.1, -0.05) is 25.0 Å². The van der Waals surface area contributed by atoms with E-state index in [2.05, 4.69) is 39.3 Å². The van der Waals surface area contributed by atoms with Crippen LogP contribution in [0.15, 0.2) is 40.4 Å². The quantitative estimate of drug-likeness (QED) is 0.486. The number of benzene rings is 1. The third-order valence-electron chi connectivity index (χ3n) is 4.37. The Morgan fingerprint density at radius 2 is 1.96 bits per heavy atom. The summed E-state index contributed by atoms with van der Waals surface area (Å²) in [6.07, 6.45) is 1.81. The number of aliphatic imine (C=N–C) groups is 1. The van der Waals surface area contributed by atoms with Gasteiger partial charge in [-0.15, -0.1) is 4.33 Å². The van der Waals surface area contributed by atoms with Crippen molar-refractivity contribution in [2.75, 3.05) is 7.11 Å². The van der Waals surface area contributed by atoms with Crippen LogP contribution in [-0.4, -0.2) is 23.1 Å². The molecule has 1 aromatic carbocycles. The van der Waals surface area contributed by atoms with Gasteiger partial charge in [0.15, 0.2) is 5.82 Å². The summed E-state index contributed by atoms with van der Waals surface area (Å²) in [4.78, 5) is 9.73. The van der Waals surface area contributed by atoms with Crippen molar-refractivity contribution in [3.63, 3.8) is 0 Å². The molecule has 0 saturated carbocycles. The van der Waals surface area contributed by atoms with Crippen LogP contribution in [0.4, 0.5) is 5.82 Å². The van der Waals surface area contributed by atoms with Gasteiger partial charge >= 0.3 is 0 Å². The molecule has 0 radical (unpaired) electrons. The van der Waals surface area contributed by atoms with E-state index in [0.29, 0.717) is 10.6 Å². The number of aromatic nitrogens is 1. The van der Waals surface area contributed by atoms with E-state index in [4.69, 9.17) is 9.99 Å². The van der Waals surface area contributed by atoms with Crippen LogP contribution in [0.5, 0.6) is 5.75 Å². The lowest BCUT2D eigenvalue weighted by Gasteiger charge is -2.20. The zero-order chi connectivity index (χ0) is 17.3. The Labute approximate surface area is 144 Å². The molecule has 1 aromatic heterocycles. The highest BCUT2D eigenvalue weighted by Gasteiger charge is 2.33. The second-order valence-corrected chi connectivity index (χ2v) is 6.75. The Bertz CT molecular complexity index is 805. The Morgan fingerprint density at radius 3 is 2.67 bits per heavy atom. The summed E-state index contributed by atoms with van der Waals surface area (Å²) in [5.74, 6) is 1.40. The van der Waals surface area contributed by atoms with Crippen LogP contribution in [0.2, 0.25) is 0 Å². The molecule has 0 unspecified atom stereocenters. The predicted molar refractivity (Wildman–Crippen MR) is 92.7 cm³/mol. The summed E-state index contributed by atoms with van der Waals surface area (Å²) in [6.45, 7) is 6.32. The highest BCUT2D eigenvalue weighted by Crippen LogP contribution is 2.41. The molecule has 0 amide bonds. The number of rotatable bonds is 5. The van der Waals surface area contributed by atoms with Gasteiger partial charge in [-0.2, -0.15) is 0 Å². The molecule has 0 fully saturated rings. The Morgan fingerprint density at radius 1 is 1.17 bits per heavy atom. The monoisotopic (exact) mass is 346 g/mol. The molecule has 3 rings (SSSR count). The minimum atomic E-state index is -0.121. The number of pyridine rings is 1. The zero-order valence-corrected chi connectivity index (χ0v) is 14.7. The van der Waals surface area contributed by atoms with Gasteiger partial charge in [0.25, 0.3) is 0 Å². The first-order chi connectivity index (χ1) is 11.5. The van der Waals surface area contributed by atoms with Gasteiger partial charge in [0, 0.05) is 28.5 Å². The average molecular weight is 346 g/mol. The third kappa shape index (κ3) is 2.91. The second-order valence-electron chi connectivity index (χ2n) is 6.01. The molecule has 0 atom stereocenters. The topological polar surface area (TPSA) is 73.2 Å². The number of fused-ring (bicyclic) bond motifs is 1. The van der Waals surface area contributed by atoms with Crippen molar-refractivity contribution in [1.82, 2.24) is 4.98 Å². The molecule has 6 nitrogen and oxygen atoms in total. The molecule has 2 aromatic rings. The molecule has 1 N–H and O–H groups in total. The fourth-order valence-electron chi connectivity index (χ4n) is 2.63. The van der Waals surface area contributed by atoms with E-state index in [-0.39, 0.29) is 5.41 Å². The fourth-order valence-corrected chi connectivity index (χ4v) is 3.08. The van der Waals surface area contributed by atoms with Gasteiger partial charge in [-0.3, -0.25) is 0 Å². The summed E-state index contributed by atoms with van der Waals surface area (Å²) in [7, 11) is 1.57. The van der Waals surface area contributed by atoms with Gasteiger partial charge in [0.1, 0.15) is 5.75 Å². The highest BCUT2D eigenvalue weighted by atomic mass is 32.2. The molecule has 24 heavy (non-hydrogen) atoms. The molecular formula is C17H18N2O4S. The van der Waals surface area contributed by atoms with Gasteiger partial charge in [-0.25, -0.2) is 15.2 Å². The second kappa shape index (κ2) is 6.52. The van der Waals surface area contributed by atoms with Crippen LogP contribution in [0.3, 0.4) is 0 Å². The maximum Gasteiger partial charge on any atom is 0.155 e. The van der Waals surface area contributed by atoms with E-state index in [9.17, 15) is 0 Å². The van der Waals surface area contributed by atoms with Crippen molar-refractivity contribution < 1.29 is 19.4 Å². The van der Waals surface area contributed by atoms with Crippen molar-refractivity contribution in [1.29, 1.82) is 0 Å². The molecule has 2 heterocycles. The van der Waals surface area contributed by atoms with Crippen LogP contribution in [-0.2, 0) is 14.8 Å². The van der Waals surface area contributed by atoms with Gasteiger partial charge in [0.05, 0.1) is 24.0 Å². The van der Waals surface area contributed by atoms with Gasteiger partial charge in [-0.05, 0) is 30.7 Å². The summed E-state index contributed by atoms with van der Waals surface area (Å²) >= 11 is 0.864. The summed E-state index contributed by atoms with van der Waals surface area (Å²) in [5, 5.41) is 11.9. The van der Waals surface area contributed by atoms with Gasteiger partial charge < -0.3 is 4.74 Å². The number of hydrogen-bond donors (Lipinski definition) is 1. The standard InChI is InChI=1S/C17H18N2O4S/c1-10-17(2,3)13-7-12(9-18-16(13)19-10)11-5-6-15(24-23-22-20)14(8-11)21-4/h5-9,20H,1-4H3. The van der Waals surface area contributed by atoms with Crippen molar-refractivity contribution in [3.8, 4) is 16.9 Å². The molecular weight excluding hydrogens is 328 g/mol. The molecule has 0 aliphatic carbocycles. The number of methoxy groups -OCH3 is 1. The summed E-state index contributed by atoms with van der Waals surface area (Å²) in [6, 6.07) is 7.78. The SMILES string of the molecule is COc1cc(-c2cnc3c(c2)C(C)(C)C(C)=N3)ccc1SOOO. The Kier molecular flexibility index (Phi) is 4.60. The maximum absolute atomic E-state index is 8.28. The molecule has 0 bridgehead atoms. The van der Waals surface area contributed by atoms with E-state index in [1.54, 1.807) is 7.11 Å². The fraction of sp³-hybridized carbons (Fsp3) is 0.294. The van der Waals surface area contributed by atoms with E-state index in [0.717, 1.165) is 40.3 Å². The normalized spacial score (nSPS) is 15.1. The lowest BCUT2D eigenvalue weighted by atomic mass is 9.82. The molecule has 126 valence electrons. The van der Waals surface area contributed by atoms with Crippen molar-refractivity contribution in [2.45, 2.75) is 31.1 Å². The van der Waals surface area contributed by atoms with Crippen LogP contribution in [0, 0.1) is 0 Å². The van der Waals surface area contributed by atoms with E-state index < -0.39 is 0 Å². The molecule has 1 aliphatic heterocycles. The minimum Gasteiger partial charge on any atom is -0.495 e. The van der Waals surface area contributed by atoms with Crippen molar-refractivity contribution >= 4 is 23.6 Å². The summed E-state index contributed by atoms with van der Waals surface area (Å²) < 4.78 is 9.85. The molecule has 0 saturated heterocycles. The lowest BCUT2D eigenvalue weighted by molar-refractivity contribution is -0.432. The first-order valence-corrected chi connectivity index (χ1v) is 8.11. The molecule has 7 heteroatoms. The van der Waals surface area contributed by atoms with Crippen LogP contribution in [0.25, 0.3) is 11.1 Å². The van der Waals surface area contributed by atoms with Crippen LogP contribution >= 0.6 is 12.0 Å². The number of hydrogen-bond acceptors (Lipinski definition) is 7.